The van der Waals surface area contributed by atoms with Crippen LogP contribution in [0.15, 0.2) is 53.3 Å². The Morgan fingerprint density at radius 2 is 1.88 bits per heavy atom. The van der Waals surface area contributed by atoms with E-state index < -0.39 is 0 Å². The van der Waals surface area contributed by atoms with Crippen molar-refractivity contribution in [1.82, 2.24) is 9.38 Å². The standard InChI is InChI=1S/C13H10BrN3/c14-12-6-3-7-13-16-11(8-17(12)13)9-4-1-2-5-10(9)15/h1-8H,15H2. The van der Waals surface area contributed by atoms with E-state index in [1.165, 1.54) is 0 Å². The minimum atomic E-state index is 0.743. The minimum absolute atomic E-state index is 0.743. The Balaban J connectivity index is 2.26. The van der Waals surface area contributed by atoms with Crippen molar-refractivity contribution in [2.75, 3.05) is 5.73 Å². The molecule has 3 aromatic rings. The molecule has 0 aliphatic carbocycles. The van der Waals surface area contributed by atoms with Crippen LogP contribution in [0.25, 0.3) is 16.9 Å². The fourth-order valence-corrected chi connectivity index (χ4v) is 2.27. The smallest absolute Gasteiger partial charge is 0.138 e. The van der Waals surface area contributed by atoms with Crippen molar-refractivity contribution in [2.24, 2.45) is 0 Å². The maximum absolute atomic E-state index is 5.95. The molecule has 0 unspecified atom stereocenters. The first-order valence-electron chi connectivity index (χ1n) is 5.24. The Bertz CT molecular complexity index is 688. The summed E-state index contributed by atoms with van der Waals surface area (Å²) in [6.07, 6.45) is 1.98. The first kappa shape index (κ1) is 10.4. The van der Waals surface area contributed by atoms with Crippen LogP contribution in [0.1, 0.15) is 0 Å². The number of benzene rings is 1. The summed E-state index contributed by atoms with van der Waals surface area (Å²) in [6, 6.07) is 13.7. The third-order valence-corrected chi connectivity index (χ3v) is 3.33. The molecule has 0 saturated heterocycles. The molecule has 2 heterocycles. The molecule has 0 bridgehead atoms. The van der Waals surface area contributed by atoms with Crippen LogP contribution in [0.5, 0.6) is 0 Å². The van der Waals surface area contributed by atoms with Gasteiger partial charge in [0.25, 0.3) is 0 Å². The number of fused-ring (bicyclic) bond motifs is 1. The lowest BCUT2D eigenvalue weighted by Crippen LogP contribution is -1.88. The molecule has 0 amide bonds. The molecule has 84 valence electrons. The second kappa shape index (κ2) is 3.89. The van der Waals surface area contributed by atoms with Crippen LogP contribution < -0.4 is 5.73 Å². The molecule has 3 rings (SSSR count). The van der Waals surface area contributed by atoms with Crippen LogP contribution in [0.3, 0.4) is 0 Å². The average Bonchev–Trinajstić information content (AvgIpc) is 2.75. The summed E-state index contributed by atoms with van der Waals surface area (Å²) in [5, 5.41) is 0. The summed E-state index contributed by atoms with van der Waals surface area (Å²) in [5.41, 5.74) is 9.44. The zero-order valence-electron chi connectivity index (χ0n) is 8.97. The predicted molar refractivity (Wildman–Crippen MR) is 72.7 cm³/mol. The number of rotatable bonds is 1. The van der Waals surface area contributed by atoms with Gasteiger partial charge < -0.3 is 5.73 Å². The Morgan fingerprint density at radius 1 is 1.06 bits per heavy atom. The maximum atomic E-state index is 5.95. The third-order valence-electron chi connectivity index (χ3n) is 2.68. The number of pyridine rings is 1. The first-order valence-corrected chi connectivity index (χ1v) is 6.03. The molecular weight excluding hydrogens is 278 g/mol. The van der Waals surface area contributed by atoms with E-state index in [-0.39, 0.29) is 0 Å². The van der Waals surface area contributed by atoms with E-state index in [4.69, 9.17) is 5.73 Å². The number of para-hydroxylation sites is 1. The molecule has 0 saturated carbocycles. The zero-order chi connectivity index (χ0) is 11.8. The van der Waals surface area contributed by atoms with Gasteiger partial charge in [-0.15, -0.1) is 0 Å². The van der Waals surface area contributed by atoms with Crippen molar-refractivity contribution >= 4 is 27.3 Å². The number of hydrogen-bond acceptors (Lipinski definition) is 2. The van der Waals surface area contributed by atoms with Crippen molar-refractivity contribution in [3.05, 3.63) is 53.3 Å². The Labute approximate surface area is 107 Å². The number of aromatic nitrogens is 2. The van der Waals surface area contributed by atoms with E-state index in [0.717, 1.165) is 27.2 Å². The molecule has 0 atom stereocenters. The summed E-state index contributed by atoms with van der Waals surface area (Å²) in [6.45, 7) is 0. The monoisotopic (exact) mass is 287 g/mol. The Morgan fingerprint density at radius 3 is 2.65 bits per heavy atom. The largest absolute Gasteiger partial charge is 0.398 e. The van der Waals surface area contributed by atoms with Crippen molar-refractivity contribution in [3.8, 4) is 11.3 Å². The van der Waals surface area contributed by atoms with Gasteiger partial charge in [0, 0.05) is 17.4 Å². The van der Waals surface area contributed by atoms with Crippen molar-refractivity contribution in [1.29, 1.82) is 0 Å². The van der Waals surface area contributed by atoms with Crippen LogP contribution >= 0.6 is 15.9 Å². The summed E-state index contributed by atoms with van der Waals surface area (Å²) < 4.78 is 2.96. The van der Waals surface area contributed by atoms with E-state index in [2.05, 4.69) is 20.9 Å². The molecule has 0 fully saturated rings. The van der Waals surface area contributed by atoms with Crippen LogP contribution in [0, 0.1) is 0 Å². The van der Waals surface area contributed by atoms with Crippen LogP contribution in [-0.4, -0.2) is 9.38 Å². The van der Waals surface area contributed by atoms with Crippen LogP contribution in [0.4, 0.5) is 5.69 Å². The number of hydrogen-bond donors (Lipinski definition) is 1. The molecular formula is C13H10BrN3. The summed E-state index contributed by atoms with van der Waals surface area (Å²) in [4.78, 5) is 4.56. The number of imidazole rings is 1. The lowest BCUT2D eigenvalue weighted by molar-refractivity contribution is 1.14. The summed E-state index contributed by atoms with van der Waals surface area (Å²) in [7, 11) is 0. The van der Waals surface area contributed by atoms with Crippen molar-refractivity contribution in [2.45, 2.75) is 0 Å². The second-order valence-corrected chi connectivity index (χ2v) is 4.60. The third kappa shape index (κ3) is 1.70. The Kier molecular flexibility index (Phi) is 2.37. The lowest BCUT2D eigenvalue weighted by atomic mass is 10.1. The van der Waals surface area contributed by atoms with Crippen molar-refractivity contribution in [3.63, 3.8) is 0 Å². The molecule has 0 radical (unpaired) electrons. The van der Waals surface area contributed by atoms with Gasteiger partial charge in [-0.1, -0.05) is 24.3 Å². The van der Waals surface area contributed by atoms with Crippen LogP contribution in [0.2, 0.25) is 0 Å². The molecule has 17 heavy (non-hydrogen) atoms. The summed E-state index contributed by atoms with van der Waals surface area (Å²) in [5.74, 6) is 0. The highest BCUT2D eigenvalue weighted by atomic mass is 79.9. The molecule has 2 N–H and O–H groups in total. The highest BCUT2D eigenvalue weighted by Gasteiger charge is 2.07. The van der Waals surface area contributed by atoms with Gasteiger partial charge >= 0.3 is 0 Å². The normalized spacial score (nSPS) is 10.9. The number of nitrogens with zero attached hydrogens (tertiary/aromatic N) is 2. The summed E-state index contributed by atoms with van der Waals surface area (Å²) >= 11 is 3.49. The number of anilines is 1. The molecule has 0 aliphatic rings. The van der Waals surface area contributed by atoms with Gasteiger partial charge in [0.05, 0.1) is 10.3 Å². The predicted octanol–water partition coefficient (Wildman–Crippen LogP) is 3.35. The highest BCUT2D eigenvalue weighted by molar-refractivity contribution is 9.10. The molecule has 0 spiro atoms. The minimum Gasteiger partial charge on any atom is -0.398 e. The van der Waals surface area contributed by atoms with E-state index >= 15 is 0 Å². The number of nitrogens with two attached hydrogens (primary N) is 1. The quantitative estimate of drug-likeness (QED) is 0.551. The lowest BCUT2D eigenvalue weighted by Gasteiger charge is -1.99. The van der Waals surface area contributed by atoms with Gasteiger partial charge in [0.15, 0.2) is 0 Å². The fourth-order valence-electron chi connectivity index (χ4n) is 1.84. The van der Waals surface area contributed by atoms with Gasteiger partial charge in [0.1, 0.15) is 5.65 Å². The Hall–Kier alpha value is -1.81. The van der Waals surface area contributed by atoms with Crippen molar-refractivity contribution < 1.29 is 0 Å². The SMILES string of the molecule is Nc1ccccc1-c1cn2c(Br)cccc2n1. The molecule has 0 aliphatic heterocycles. The van der Waals surface area contributed by atoms with Gasteiger partial charge in [-0.25, -0.2) is 4.98 Å². The molecule has 2 aromatic heterocycles. The second-order valence-electron chi connectivity index (χ2n) is 3.79. The van der Waals surface area contributed by atoms with E-state index in [1.807, 2.05) is 53.1 Å². The van der Waals surface area contributed by atoms with Gasteiger partial charge in [-0.05, 0) is 34.1 Å². The van der Waals surface area contributed by atoms with E-state index in [0.29, 0.717) is 0 Å². The first-order chi connectivity index (χ1) is 8.25. The van der Waals surface area contributed by atoms with Crippen LogP contribution in [-0.2, 0) is 0 Å². The average molecular weight is 288 g/mol. The molecule has 4 heteroatoms. The molecule has 3 nitrogen and oxygen atoms in total. The highest BCUT2D eigenvalue weighted by Crippen LogP contribution is 2.26. The van der Waals surface area contributed by atoms with E-state index in [1.54, 1.807) is 0 Å². The number of halogens is 1. The zero-order valence-corrected chi connectivity index (χ0v) is 10.6. The fraction of sp³-hybridized carbons (Fsp3) is 0. The van der Waals surface area contributed by atoms with Gasteiger partial charge in [-0.2, -0.15) is 0 Å². The number of nitrogen functional groups attached to an aromatic ring is 1. The topological polar surface area (TPSA) is 43.3 Å². The molecule has 1 aromatic carbocycles. The van der Waals surface area contributed by atoms with E-state index in [9.17, 15) is 0 Å². The van der Waals surface area contributed by atoms with Gasteiger partial charge in [-0.3, -0.25) is 4.40 Å². The maximum Gasteiger partial charge on any atom is 0.138 e. The van der Waals surface area contributed by atoms with Gasteiger partial charge in [0.2, 0.25) is 0 Å².